The largest absolute Gasteiger partial charge is 0.399 e. The fourth-order valence-corrected chi connectivity index (χ4v) is 3.42. The van der Waals surface area contributed by atoms with E-state index in [4.69, 9.17) is 11.5 Å². The van der Waals surface area contributed by atoms with Crippen molar-refractivity contribution in [1.82, 2.24) is 0 Å². The highest BCUT2D eigenvalue weighted by molar-refractivity contribution is 5.94. The first-order valence-electron chi connectivity index (χ1n) is 9.09. The van der Waals surface area contributed by atoms with Crippen LogP contribution in [-0.4, -0.2) is 0 Å². The molecule has 27 heavy (non-hydrogen) atoms. The summed E-state index contributed by atoms with van der Waals surface area (Å²) in [5, 5.41) is 2.80. The topological polar surface area (TPSA) is 52.0 Å². The summed E-state index contributed by atoms with van der Waals surface area (Å²) in [7, 11) is 0. The molecule has 0 spiro atoms. The second-order valence-corrected chi connectivity index (χ2v) is 6.71. The predicted molar refractivity (Wildman–Crippen MR) is 117 cm³/mol. The number of allylic oxidation sites excluding steroid dienone is 1. The Labute approximate surface area is 159 Å². The maximum atomic E-state index is 5.61. The lowest BCUT2D eigenvalue weighted by molar-refractivity contribution is 1.29. The lowest BCUT2D eigenvalue weighted by atomic mass is 9.93. The molecule has 4 aromatic carbocycles. The van der Waals surface area contributed by atoms with Crippen LogP contribution in [0.4, 0.5) is 11.4 Å². The van der Waals surface area contributed by atoms with Gasteiger partial charge < -0.3 is 11.5 Å². The van der Waals surface area contributed by atoms with Gasteiger partial charge in [-0.1, -0.05) is 72.8 Å². The van der Waals surface area contributed by atoms with Gasteiger partial charge in [-0.2, -0.15) is 0 Å². The minimum absolute atomic E-state index is 0.782. The highest BCUT2D eigenvalue weighted by Gasteiger charge is 2.06. The highest BCUT2D eigenvalue weighted by atomic mass is 14.5. The maximum Gasteiger partial charge on any atom is 0.0314 e. The monoisotopic (exact) mass is 350 g/mol. The van der Waals surface area contributed by atoms with E-state index in [9.17, 15) is 0 Å². The van der Waals surface area contributed by atoms with E-state index in [0.717, 1.165) is 28.9 Å². The van der Waals surface area contributed by atoms with Gasteiger partial charge in [-0.25, -0.2) is 0 Å². The quantitative estimate of drug-likeness (QED) is 0.418. The highest BCUT2D eigenvalue weighted by Crippen LogP contribution is 2.27. The average molecular weight is 350 g/mol. The van der Waals surface area contributed by atoms with Crippen LogP contribution in [0.2, 0.25) is 0 Å². The Morgan fingerprint density at radius 2 is 1.15 bits per heavy atom. The Hall–Kier alpha value is -3.52. The molecule has 0 heterocycles. The van der Waals surface area contributed by atoms with Crippen molar-refractivity contribution < 1.29 is 0 Å². The summed E-state index contributed by atoms with van der Waals surface area (Å²) >= 11 is 0. The molecular weight excluding hydrogens is 328 g/mol. The first-order valence-corrected chi connectivity index (χ1v) is 9.09. The van der Waals surface area contributed by atoms with Crippen molar-refractivity contribution in [1.29, 1.82) is 0 Å². The molecule has 0 saturated heterocycles. The van der Waals surface area contributed by atoms with Crippen LogP contribution in [0.25, 0.3) is 28.0 Å². The second kappa shape index (κ2) is 7.38. The smallest absolute Gasteiger partial charge is 0.0314 e. The van der Waals surface area contributed by atoms with Crippen LogP contribution in [0.3, 0.4) is 0 Å². The van der Waals surface area contributed by atoms with Crippen LogP contribution in [0.15, 0.2) is 91.0 Å². The van der Waals surface area contributed by atoms with Crippen LogP contribution >= 0.6 is 0 Å². The summed E-state index contributed by atoms with van der Waals surface area (Å²) in [5.41, 5.74) is 17.9. The van der Waals surface area contributed by atoms with Crippen LogP contribution in [0.1, 0.15) is 11.1 Å². The molecule has 0 unspecified atom stereocenters. The third-order valence-corrected chi connectivity index (χ3v) is 4.81. The van der Waals surface area contributed by atoms with Gasteiger partial charge in [0.05, 0.1) is 0 Å². The van der Waals surface area contributed by atoms with Crippen molar-refractivity contribution in [2.24, 2.45) is 0 Å². The lowest BCUT2D eigenvalue weighted by Crippen LogP contribution is -1.91. The van der Waals surface area contributed by atoms with E-state index in [1.54, 1.807) is 0 Å². The van der Waals surface area contributed by atoms with Gasteiger partial charge in [0.2, 0.25) is 0 Å². The summed E-state index contributed by atoms with van der Waals surface area (Å²) in [6.07, 6.45) is 5.53. The molecule has 2 heteroatoms. The SMILES string of the molecule is C1=Cc2cccc3cccc(c23)C1.Nc1ccc(-c2ccc(N)cc2)cc1. The third kappa shape index (κ3) is 3.70. The number of hydrogen-bond donors (Lipinski definition) is 2. The molecule has 1 aliphatic carbocycles. The molecule has 0 atom stereocenters. The fourth-order valence-electron chi connectivity index (χ4n) is 3.42. The van der Waals surface area contributed by atoms with Crippen LogP contribution < -0.4 is 11.5 Å². The van der Waals surface area contributed by atoms with E-state index in [-0.39, 0.29) is 0 Å². The fraction of sp³-hybridized carbons (Fsp3) is 0.0400. The molecule has 2 nitrogen and oxygen atoms in total. The van der Waals surface area contributed by atoms with Crippen molar-refractivity contribution in [2.75, 3.05) is 11.5 Å². The molecule has 4 aromatic rings. The number of rotatable bonds is 1. The Balaban J connectivity index is 0.000000134. The molecular formula is C25H22N2. The Morgan fingerprint density at radius 3 is 1.74 bits per heavy atom. The molecule has 0 amide bonds. The minimum Gasteiger partial charge on any atom is -0.399 e. The standard InChI is InChI=1S/C13H10.C12H12N2/c1-4-10-6-2-8-12-9-3-7-11(5-1)13(10)12;13-11-5-1-9(2-6-11)10-3-7-12(14)8-4-10/h1-8H,9H2;1-8H,13-14H2. The van der Waals surface area contributed by atoms with Gasteiger partial charge in [0, 0.05) is 11.4 Å². The van der Waals surface area contributed by atoms with Crippen molar-refractivity contribution in [3.05, 3.63) is 102 Å². The van der Waals surface area contributed by atoms with E-state index >= 15 is 0 Å². The van der Waals surface area contributed by atoms with Crippen LogP contribution in [-0.2, 0) is 6.42 Å². The van der Waals surface area contributed by atoms with Crippen molar-refractivity contribution >= 4 is 28.2 Å². The molecule has 4 N–H and O–H groups in total. The number of benzene rings is 4. The van der Waals surface area contributed by atoms with Gasteiger partial charge >= 0.3 is 0 Å². The van der Waals surface area contributed by atoms with E-state index in [0.29, 0.717) is 0 Å². The summed E-state index contributed by atoms with van der Waals surface area (Å²) in [6, 6.07) is 28.6. The molecule has 0 bridgehead atoms. The number of nitrogens with two attached hydrogens (primary N) is 2. The minimum atomic E-state index is 0.782. The third-order valence-electron chi connectivity index (χ3n) is 4.81. The van der Waals surface area contributed by atoms with E-state index < -0.39 is 0 Å². The van der Waals surface area contributed by atoms with Gasteiger partial charge in [-0.05, 0) is 63.7 Å². The van der Waals surface area contributed by atoms with Crippen molar-refractivity contribution in [3.63, 3.8) is 0 Å². The van der Waals surface area contributed by atoms with E-state index in [1.807, 2.05) is 48.5 Å². The molecule has 1 aliphatic rings. The van der Waals surface area contributed by atoms with Crippen LogP contribution in [0.5, 0.6) is 0 Å². The molecule has 132 valence electrons. The Kier molecular flexibility index (Phi) is 4.63. The van der Waals surface area contributed by atoms with Gasteiger partial charge in [0.15, 0.2) is 0 Å². The van der Waals surface area contributed by atoms with Crippen molar-refractivity contribution in [2.45, 2.75) is 6.42 Å². The Morgan fingerprint density at radius 1 is 0.593 bits per heavy atom. The number of anilines is 2. The average Bonchev–Trinajstić information content (AvgIpc) is 2.71. The van der Waals surface area contributed by atoms with Gasteiger partial charge in [0.1, 0.15) is 0 Å². The van der Waals surface area contributed by atoms with E-state index in [2.05, 4.69) is 48.6 Å². The number of nitrogen functional groups attached to an aromatic ring is 2. The molecule has 5 rings (SSSR count). The number of hydrogen-bond acceptors (Lipinski definition) is 2. The maximum absolute atomic E-state index is 5.61. The van der Waals surface area contributed by atoms with Gasteiger partial charge in [-0.15, -0.1) is 0 Å². The zero-order chi connectivity index (χ0) is 18.6. The second-order valence-electron chi connectivity index (χ2n) is 6.71. The van der Waals surface area contributed by atoms with Crippen molar-refractivity contribution in [3.8, 4) is 11.1 Å². The zero-order valence-electron chi connectivity index (χ0n) is 15.1. The lowest BCUT2D eigenvalue weighted by Gasteiger charge is -2.11. The first kappa shape index (κ1) is 16.9. The zero-order valence-corrected chi connectivity index (χ0v) is 15.1. The summed E-state index contributed by atoms with van der Waals surface area (Å²) in [5.74, 6) is 0. The summed E-state index contributed by atoms with van der Waals surface area (Å²) in [4.78, 5) is 0. The van der Waals surface area contributed by atoms with E-state index in [1.165, 1.54) is 21.9 Å². The molecule has 0 fully saturated rings. The normalized spacial score (nSPS) is 11.7. The summed E-state index contributed by atoms with van der Waals surface area (Å²) < 4.78 is 0. The molecule has 0 radical (unpaired) electrons. The molecule has 0 saturated carbocycles. The molecule has 0 aromatic heterocycles. The van der Waals surface area contributed by atoms with Gasteiger partial charge in [-0.3, -0.25) is 0 Å². The predicted octanol–water partition coefficient (Wildman–Crippen LogP) is 5.93. The summed E-state index contributed by atoms with van der Waals surface area (Å²) in [6.45, 7) is 0. The van der Waals surface area contributed by atoms with Gasteiger partial charge in [0.25, 0.3) is 0 Å². The molecule has 0 aliphatic heterocycles. The Bertz CT molecular complexity index is 1040. The van der Waals surface area contributed by atoms with Crippen LogP contribution in [0, 0.1) is 0 Å². The first-order chi connectivity index (χ1) is 13.2.